The SMILES string of the molecule is CC1=C(C)[C](C)([Ti]([O]C(=O)c2ccc(F)cc2)([O]C(=O)c2ccc(F)cc2)[O]C(=O)c2ccc(F)cc2)C2=C1CCCC2. The Labute approximate surface area is 251 Å². The predicted molar refractivity (Wildman–Crippen MR) is 148 cm³/mol. The van der Waals surface area contributed by atoms with E-state index < -0.39 is 56.8 Å². The summed E-state index contributed by atoms with van der Waals surface area (Å²) in [7, 11) is 0. The van der Waals surface area contributed by atoms with Crippen molar-refractivity contribution >= 4 is 17.9 Å². The van der Waals surface area contributed by atoms with Crippen LogP contribution in [0.15, 0.2) is 95.1 Å². The third-order valence-electron chi connectivity index (χ3n) is 8.37. The van der Waals surface area contributed by atoms with E-state index in [4.69, 9.17) is 9.96 Å². The fourth-order valence-corrected chi connectivity index (χ4v) is 10.6. The zero-order chi connectivity index (χ0) is 30.9. The first-order valence-electron chi connectivity index (χ1n) is 13.8. The molecule has 5 rings (SSSR count). The van der Waals surface area contributed by atoms with Gasteiger partial charge in [0.15, 0.2) is 0 Å². The Morgan fingerprint density at radius 3 is 1.35 bits per heavy atom. The van der Waals surface area contributed by atoms with Gasteiger partial charge in [0.2, 0.25) is 0 Å². The van der Waals surface area contributed by atoms with E-state index in [0.717, 1.165) is 78.0 Å². The van der Waals surface area contributed by atoms with E-state index in [0.29, 0.717) is 6.42 Å². The molecule has 0 amide bonds. The number of benzene rings is 3. The first-order valence-corrected chi connectivity index (χ1v) is 16.5. The van der Waals surface area contributed by atoms with Gasteiger partial charge < -0.3 is 0 Å². The molecule has 0 fully saturated rings. The van der Waals surface area contributed by atoms with Crippen LogP contribution >= 0.6 is 0 Å². The molecule has 43 heavy (non-hydrogen) atoms. The van der Waals surface area contributed by atoms with Crippen molar-refractivity contribution < 1.29 is 55.3 Å². The van der Waals surface area contributed by atoms with E-state index in [2.05, 4.69) is 0 Å². The Hall–Kier alpha value is -3.95. The molecule has 0 saturated heterocycles. The van der Waals surface area contributed by atoms with Crippen LogP contribution in [-0.4, -0.2) is 17.9 Å². The summed E-state index contributed by atoms with van der Waals surface area (Å²) in [6.07, 6.45) is 3.08. The van der Waals surface area contributed by atoms with Gasteiger partial charge in [-0.25, -0.2) is 0 Å². The molecule has 0 saturated carbocycles. The number of carbonyl (C=O) groups excluding carboxylic acids is 3. The van der Waals surface area contributed by atoms with Crippen LogP contribution in [0.4, 0.5) is 13.2 Å². The molecular formula is C33H29F3O6Ti. The maximum absolute atomic E-state index is 13.7. The van der Waals surface area contributed by atoms with Crippen LogP contribution in [-0.2, 0) is 27.7 Å². The summed E-state index contributed by atoms with van der Waals surface area (Å²) in [4.78, 5) is 41.2. The van der Waals surface area contributed by atoms with Gasteiger partial charge in [-0.1, -0.05) is 0 Å². The molecule has 0 spiro atoms. The molecule has 2 aliphatic rings. The quantitative estimate of drug-likeness (QED) is 0.246. The van der Waals surface area contributed by atoms with Crippen LogP contribution < -0.4 is 0 Å². The van der Waals surface area contributed by atoms with Crippen molar-refractivity contribution in [1.82, 2.24) is 0 Å². The molecule has 0 aliphatic heterocycles. The van der Waals surface area contributed by atoms with Crippen LogP contribution in [0, 0.1) is 17.5 Å². The first kappa shape index (κ1) is 30.5. The Bertz CT molecular complexity index is 1500. The zero-order valence-electron chi connectivity index (χ0n) is 23.8. The van der Waals surface area contributed by atoms with Crippen molar-refractivity contribution in [1.29, 1.82) is 0 Å². The summed E-state index contributed by atoms with van der Waals surface area (Å²) in [5.74, 6) is -4.67. The second-order valence-corrected chi connectivity index (χ2v) is 15.0. The van der Waals surface area contributed by atoms with Crippen LogP contribution in [0.1, 0.15) is 77.5 Å². The van der Waals surface area contributed by atoms with E-state index in [9.17, 15) is 27.6 Å². The molecule has 1 unspecified atom stereocenters. The molecular weight excluding hydrogens is 597 g/mol. The van der Waals surface area contributed by atoms with Gasteiger partial charge in [0, 0.05) is 0 Å². The van der Waals surface area contributed by atoms with Crippen molar-refractivity contribution in [2.45, 2.75) is 50.2 Å². The monoisotopic (exact) mass is 626 g/mol. The van der Waals surface area contributed by atoms with Crippen molar-refractivity contribution in [3.63, 3.8) is 0 Å². The van der Waals surface area contributed by atoms with Gasteiger partial charge in [0.05, 0.1) is 0 Å². The summed E-state index contributed by atoms with van der Waals surface area (Å²) in [5, 5.41) is 0. The Balaban J connectivity index is 1.71. The van der Waals surface area contributed by atoms with E-state index in [1.807, 2.05) is 13.8 Å². The average Bonchev–Trinajstić information content (AvgIpc) is 3.20. The Kier molecular flexibility index (Phi) is 8.50. The summed E-state index contributed by atoms with van der Waals surface area (Å²) in [6.45, 7) is 5.52. The third kappa shape index (κ3) is 5.71. The van der Waals surface area contributed by atoms with E-state index in [-0.39, 0.29) is 16.7 Å². The van der Waals surface area contributed by atoms with E-state index in [1.165, 1.54) is 36.4 Å². The zero-order valence-corrected chi connectivity index (χ0v) is 25.4. The van der Waals surface area contributed by atoms with Gasteiger partial charge in [-0.15, -0.1) is 0 Å². The van der Waals surface area contributed by atoms with Crippen LogP contribution in [0.3, 0.4) is 0 Å². The molecule has 0 radical (unpaired) electrons. The van der Waals surface area contributed by atoms with Crippen molar-refractivity contribution in [2.24, 2.45) is 0 Å². The molecule has 2 aliphatic carbocycles. The third-order valence-corrected chi connectivity index (χ3v) is 13.5. The number of carbonyl (C=O) groups is 3. The van der Waals surface area contributed by atoms with Gasteiger partial charge in [-0.05, 0) is 0 Å². The minimum atomic E-state index is -5.69. The number of hydrogen-bond donors (Lipinski definition) is 0. The molecule has 6 nitrogen and oxygen atoms in total. The molecule has 1 atom stereocenters. The van der Waals surface area contributed by atoms with Crippen molar-refractivity contribution in [2.75, 3.05) is 0 Å². The molecule has 3 aromatic rings. The fourth-order valence-electron chi connectivity index (χ4n) is 5.78. The van der Waals surface area contributed by atoms with Crippen LogP contribution in [0.2, 0.25) is 3.72 Å². The molecule has 10 heteroatoms. The van der Waals surface area contributed by atoms with Gasteiger partial charge in [-0.2, -0.15) is 0 Å². The summed E-state index contributed by atoms with van der Waals surface area (Å²) >= 11 is -5.69. The van der Waals surface area contributed by atoms with Crippen LogP contribution in [0.25, 0.3) is 0 Å². The number of allylic oxidation sites excluding steroid dienone is 4. The molecule has 0 N–H and O–H groups in total. The average molecular weight is 626 g/mol. The fraction of sp³-hybridized carbons (Fsp3) is 0.242. The predicted octanol–water partition coefficient (Wildman–Crippen LogP) is 8.27. The van der Waals surface area contributed by atoms with Crippen LogP contribution in [0.5, 0.6) is 0 Å². The van der Waals surface area contributed by atoms with Gasteiger partial charge in [0.1, 0.15) is 0 Å². The van der Waals surface area contributed by atoms with Gasteiger partial charge in [0.25, 0.3) is 0 Å². The number of halogens is 3. The first-order chi connectivity index (χ1) is 20.4. The second kappa shape index (κ2) is 12.0. The minimum absolute atomic E-state index is 0.0511. The molecule has 222 valence electrons. The molecule has 0 heterocycles. The Morgan fingerprint density at radius 1 is 0.628 bits per heavy atom. The summed E-state index contributed by atoms with van der Waals surface area (Å²) in [5.41, 5.74) is 3.40. The second-order valence-electron chi connectivity index (χ2n) is 10.8. The van der Waals surface area contributed by atoms with Crippen molar-refractivity contribution in [3.05, 3.63) is 129 Å². The standard InChI is InChI=1S/C12H17.3C7H5FO2.Ti/c1-8-9(2)11-6-4-5-7-12(11)10(8)3;3*8-6-3-1-5(2-4-6)7(9)10;/h4-7H2,1-3H3;3*1-4H,(H,9,10);/q;;;;+3/p-3. The maximum atomic E-state index is 13.7. The van der Waals surface area contributed by atoms with Gasteiger partial charge in [-0.3, -0.25) is 0 Å². The van der Waals surface area contributed by atoms with Gasteiger partial charge >= 0.3 is 253 Å². The normalized spacial score (nSPS) is 18.3. The van der Waals surface area contributed by atoms with E-state index in [1.54, 1.807) is 6.92 Å². The number of rotatable bonds is 7. The molecule has 0 aromatic heterocycles. The Morgan fingerprint density at radius 2 is 0.977 bits per heavy atom. The summed E-state index contributed by atoms with van der Waals surface area (Å²) < 4.78 is 58.3. The topological polar surface area (TPSA) is 78.9 Å². The molecule has 3 aromatic carbocycles. The summed E-state index contributed by atoms with van der Waals surface area (Å²) in [6, 6.07) is 13.7. The molecule has 0 bridgehead atoms. The number of hydrogen-bond acceptors (Lipinski definition) is 6. The van der Waals surface area contributed by atoms with E-state index >= 15 is 0 Å². The van der Waals surface area contributed by atoms with Crippen molar-refractivity contribution in [3.8, 4) is 0 Å².